The van der Waals surface area contributed by atoms with Crippen LogP contribution in [0.25, 0.3) is 10.8 Å². The lowest BCUT2D eigenvalue weighted by molar-refractivity contribution is 0.264. The monoisotopic (exact) mass is 264 g/mol. The molecule has 0 fully saturated rings. The molecule has 0 aliphatic rings. The third-order valence-electron chi connectivity index (χ3n) is 2.84. The molecule has 1 N–H and O–H groups in total. The maximum Gasteiger partial charge on any atom is 0.359 e. The maximum atomic E-state index is 12.2. The summed E-state index contributed by atoms with van der Waals surface area (Å²) >= 11 is 0. The van der Waals surface area contributed by atoms with Gasteiger partial charge in [0.25, 0.3) is 0 Å². The van der Waals surface area contributed by atoms with Gasteiger partial charge in [0.2, 0.25) is 0 Å². The van der Waals surface area contributed by atoms with Crippen LogP contribution in [0.1, 0.15) is 19.8 Å². The van der Waals surface area contributed by atoms with Crippen LogP contribution >= 0.6 is 7.60 Å². The van der Waals surface area contributed by atoms with Crippen LogP contribution in [0.3, 0.4) is 0 Å². The van der Waals surface area contributed by atoms with Crippen LogP contribution in [0.2, 0.25) is 0 Å². The Labute approximate surface area is 107 Å². The molecule has 0 aromatic heterocycles. The smallest absolute Gasteiger partial charge is 0.321 e. The van der Waals surface area contributed by atoms with Crippen molar-refractivity contribution in [3.05, 3.63) is 42.5 Å². The summed E-state index contributed by atoms with van der Waals surface area (Å²) in [6.07, 6.45) is 1.73. The van der Waals surface area contributed by atoms with Gasteiger partial charge in [0, 0.05) is 0 Å². The lowest BCUT2D eigenvalue weighted by Crippen LogP contribution is -2.09. The molecule has 2 aromatic carbocycles. The summed E-state index contributed by atoms with van der Waals surface area (Å²) in [7, 11) is -3.72. The molecule has 3 nitrogen and oxygen atoms in total. The summed E-state index contributed by atoms with van der Waals surface area (Å²) in [6.45, 7) is 2.33. The first-order valence-corrected chi connectivity index (χ1v) is 7.68. The molecule has 0 amide bonds. The Hall–Kier alpha value is -1.15. The minimum atomic E-state index is -3.72. The zero-order chi connectivity index (χ0) is 13.0. The molecule has 0 aliphatic heterocycles. The van der Waals surface area contributed by atoms with Gasteiger partial charge in [0.05, 0.1) is 11.9 Å². The zero-order valence-corrected chi connectivity index (χ0v) is 11.3. The number of benzene rings is 2. The predicted molar refractivity (Wildman–Crippen MR) is 74.3 cm³/mol. The Morgan fingerprint density at radius 2 is 1.89 bits per heavy atom. The van der Waals surface area contributed by atoms with Gasteiger partial charge in [-0.3, -0.25) is 4.57 Å². The maximum absolute atomic E-state index is 12.2. The van der Waals surface area contributed by atoms with Gasteiger partial charge in [0.1, 0.15) is 0 Å². The number of hydrogen-bond acceptors (Lipinski definition) is 2. The Balaban J connectivity index is 2.37. The summed E-state index contributed by atoms with van der Waals surface area (Å²) in [5, 5.41) is 2.11. The van der Waals surface area contributed by atoms with Crippen LogP contribution in [0, 0.1) is 0 Å². The van der Waals surface area contributed by atoms with E-state index in [1.165, 1.54) is 0 Å². The molecule has 4 heteroatoms. The van der Waals surface area contributed by atoms with E-state index in [4.69, 9.17) is 4.52 Å². The highest BCUT2D eigenvalue weighted by Gasteiger charge is 2.24. The van der Waals surface area contributed by atoms with Crippen LogP contribution in [0.5, 0.6) is 0 Å². The third-order valence-corrected chi connectivity index (χ3v) is 4.37. The summed E-state index contributed by atoms with van der Waals surface area (Å²) in [6, 6.07) is 12.9. The molecule has 0 heterocycles. The zero-order valence-electron chi connectivity index (χ0n) is 10.4. The van der Waals surface area contributed by atoms with E-state index in [0.717, 1.165) is 23.6 Å². The molecular formula is C14H17O3P. The molecule has 2 aromatic rings. The largest absolute Gasteiger partial charge is 0.359 e. The summed E-state index contributed by atoms with van der Waals surface area (Å²) < 4.78 is 17.4. The van der Waals surface area contributed by atoms with Crippen molar-refractivity contribution in [1.82, 2.24) is 0 Å². The molecule has 0 aliphatic carbocycles. The highest BCUT2D eigenvalue weighted by atomic mass is 31.2. The van der Waals surface area contributed by atoms with Crippen molar-refractivity contribution in [2.75, 3.05) is 6.61 Å². The van der Waals surface area contributed by atoms with Gasteiger partial charge in [-0.15, -0.1) is 0 Å². The molecule has 2 rings (SSSR count). The van der Waals surface area contributed by atoms with Crippen LogP contribution < -0.4 is 5.30 Å². The van der Waals surface area contributed by atoms with E-state index in [-0.39, 0.29) is 0 Å². The fourth-order valence-electron chi connectivity index (χ4n) is 1.86. The summed E-state index contributed by atoms with van der Waals surface area (Å²) in [5.41, 5.74) is 0. The van der Waals surface area contributed by atoms with Gasteiger partial charge in [-0.2, -0.15) is 0 Å². The van der Waals surface area contributed by atoms with Crippen molar-refractivity contribution < 1.29 is 14.0 Å². The van der Waals surface area contributed by atoms with Crippen molar-refractivity contribution in [2.45, 2.75) is 19.8 Å². The minimum Gasteiger partial charge on any atom is -0.321 e. The predicted octanol–water partition coefficient (Wildman–Crippen LogP) is 3.47. The lowest BCUT2D eigenvalue weighted by atomic mass is 10.1. The Morgan fingerprint density at radius 3 is 2.67 bits per heavy atom. The normalized spacial score (nSPS) is 14.6. The van der Waals surface area contributed by atoms with Crippen molar-refractivity contribution in [1.29, 1.82) is 0 Å². The summed E-state index contributed by atoms with van der Waals surface area (Å²) in [4.78, 5) is 10.0. The Bertz CT molecular complexity index is 575. The summed E-state index contributed by atoms with van der Waals surface area (Å²) in [5.74, 6) is 0. The van der Waals surface area contributed by atoms with Gasteiger partial charge >= 0.3 is 7.60 Å². The number of unbranched alkanes of at least 4 members (excludes halogenated alkanes) is 1. The number of rotatable bonds is 5. The minimum absolute atomic E-state index is 0.313. The van der Waals surface area contributed by atoms with Gasteiger partial charge in [-0.05, 0) is 23.3 Å². The van der Waals surface area contributed by atoms with Crippen molar-refractivity contribution >= 4 is 23.7 Å². The lowest BCUT2D eigenvalue weighted by Gasteiger charge is -2.14. The van der Waals surface area contributed by atoms with E-state index in [2.05, 4.69) is 0 Å². The molecular weight excluding hydrogens is 247 g/mol. The molecule has 0 bridgehead atoms. The fraction of sp³-hybridized carbons (Fsp3) is 0.286. The second kappa shape index (κ2) is 5.66. The second-order valence-electron chi connectivity index (χ2n) is 4.21. The van der Waals surface area contributed by atoms with E-state index in [9.17, 15) is 9.46 Å². The Kier molecular flexibility index (Phi) is 4.18. The van der Waals surface area contributed by atoms with Crippen LogP contribution in [0.4, 0.5) is 0 Å². The number of fused-ring (bicyclic) bond motifs is 1. The fourth-order valence-corrected chi connectivity index (χ4v) is 3.16. The van der Waals surface area contributed by atoms with Crippen molar-refractivity contribution in [3.8, 4) is 0 Å². The van der Waals surface area contributed by atoms with Crippen molar-refractivity contribution in [2.24, 2.45) is 0 Å². The van der Waals surface area contributed by atoms with Crippen LogP contribution in [0.15, 0.2) is 42.5 Å². The third kappa shape index (κ3) is 2.81. The molecule has 1 atom stereocenters. The van der Waals surface area contributed by atoms with E-state index >= 15 is 0 Å². The molecule has 0 saturated carbocycles. The molecule has 96 valence electrons. The van der Waals surface area contributed by atoms with Crippen molar-refractivity contribution in [3.63, 3.8) is 0 Å². The topological polar surface area (TPSA) is 46.5 Å². The molecule has 18 heavy (non-hydrogen) atoms. The quantitative estimate of drug-likeness (QED) is 0.664. The molecule has 0 saturated heterocycles. The number of hydrogen-bond donors (Lipinski definition) is 1. The molecule has 0 spiro atoms. The van der Waals surface area contributed by atoms with E-state index in [0.29, 0.717) is 11.9 Å². The van der Waals surface area contributed by atoms with Crippen LogP contribution in [-0.2, 0) is 9.09 Å². The highest BCUT2D eigenvalue weighted by molar-refractivity contribution is 7.61. The average molecular weight is 264 g/mol. The first-order valence-electron chi connectivity index (χ1n) is 6.11. The SMILES string of the molecule is CCCCOP(=O)(O)c1cccc2ccccc12. The van der Waals surface area contributed by atoms with Gasteiger partial charge in [-0.25, -0.2) is 0 Å². The Morgan fingerprint density at radius 1 is 1.17 bits per heavy atom. The molecule has 1 unspecified atom stereocenters. The molecule has 0 radical (unpaired) electrons. The van der Waals surface area contributed by atoms with E-state index in [1.54, 1.807) is 12.1 Å². The second-order valence-corrected chi connectivity index (χ2v) is 5.99. The van der Waals surface area contributed by atoms with Gasteiger partial charge in [0.15, 0.2) is 0 Å². The van der Waals surface area contributed by atoms with Gasteiger partial charge in [-0.1, -0.05) is 49.7 Å². The highest BCUT2D eigenvalue weighted by Crippen LogP contribution is 2.42. The first-order chi connectivity index (χ1) is 8.65. The van der Waals surface area contributed by atoms with E-state index < -0.39 is 7.60 Å². The van der Waals surface area contributed by atoms with E-state index in [1.807, 2.05) is 37.3 Å². The van der Waals surface area contributed by atoms with Gasteiger partial charge < -0.3 is 9.42 Å². The average Bonchev–Trinajstić information content (AvgIpc) is 2.38. The van der Waals surface area contributed by atoms with Crippen LogP contribution in [-0.4, -0.2) is 11.5 Å². The standard InChI is InChI=1S/C14H17O3P/c1-2-3-11-17-18(15,16)14-10-6-8-12-7-4-5-9-13(12)14/h4-10H,2-3,11H2,1H3,(H,15,16). The first kappa shape index (κ1) is 13.3.